The first-order valence-electron chi connectivity index (χ1n) is 7.14. The molecule has 0 unspecified atom stereocenters. The number of carboxylic acids is 2. The van der Waals surface area contributed by atoms with E-state index in [9.17, 15) is 28.2 Å². The average molecular weight is 375 g/mol. The van der Waals surface area contributed by atoms with E-state index in [1.807, 2.05) is 0 Å². The van der Waals surface area contributed by atoms with E-state index in [2.05, 4.69) is 4.72 Å². The molecule has 0 aliphatic carbocycles. The summed E-state index contributed by atoms with van der Waals surface area (Å²) in [4.78, 5) is 21.0. The van der Waals surface area contributed by atoms with Gasteiger partial charge < -0.3 is 24.5 Å². The molecule has 1 N–H and O–H groups in total. The van der Waals surface area contributed by atoms with Crippen molar-refractivity contribution in [2.75, 3.05) is 11.8 Å². The fraction of sp³-hybridized carbons (Fsp3) is 0.0588. The predicted molar refractivity (Wildman–Crippen MR) is 88.6 cm³/mol. The molecule has 0 spiro atoms. The lowest BCUT2D eigenvalue weighted by molar-refractivity contribution is -0.297. The van der Waals surface area contributed by atoms with Crippen LogP contribution in [0.4, 0.5) is 5.69 Å². The molecule has 0 aromatic heterocycles. The Morgan fingerprint density at radius 2 is 1.73 bits per heavy atom. The average Bonchev–Trinajstić information content (AvgIpc) is 2.59. The SMILES string of the molecule is COc1ccc(/C=C/C(=O)[O-])cc1S(=O)(=O)Nc1ccc(C(=O)[O-])cc1. The van der Waals surface area contributed by atoms with Gasteiger partial charge in [0.05, 0.1) is 19.0 Å². The van der Waals surface area contributed by atoms with Gasteiger partial charge in [-0.25, -0.2) is 8.42 Å². The first kappa shape index (κ1) is 19.0. The minimum absolute atomic E-state index is 0.0504. The standard InChI is InChI=1S/C17H15NO7S/c1-25-14-8-2-11(3-9-16(19)20)10-15(14)26(23,24)18-13-6-4-12(5-7-13)17(21)22/h2-10,18H,1H3,(H,19,20)(H,21,22)/p-2/b9-3+. The maximum Gasteiger partial charge on any atom is 0.265 e. The van der Waals surface area contributed by atoms with Crippen LogP contribution in [-0.4, -0.2) is 27.5 Å². The van der Waals surface area contributed by atoms with Gasteiger partial charge in [0, 0.05) is 5.69 Å². The number of nitrogens with one attached hydrogen (secondary N) is 1. The van der Waals surface area contributed by atoms with E-state index in [-0.39, 0.29) is 21.9 Å². The number of carboxylic acid groups (broad SMARTS) is 2. The molecule has 0 amide bonds. The van der Waals surface area contributed by atoms with Crippen molar-refractivity contribution in [2.45, 2.75) is 4.90 Å². The number of hydrogen-bond acceptors (Lipinski definition) is 7. The minimum Gasteiger partial charge on any atom is -0.545 e. The summed E-state index contributed by atoms with van der Waals surface area (Å²) in [6.07, 6.45) is 1.95. The van der Waals surface area contributed by atoms with Gasteiger partial charge in [-0.1, -0.05) is 24.3 Å². The van der Waals surface area contributed by atoms with Crippen molar-refractivity contribution in [3.8, 4) is 5.75 Å². The molecule has 2 rings (SSSR count). The molecule has 0 heterocycles. The van der Waals surface area contributed by atoms with Crippen LogP contribution >= 0.6 is 0 Å². The van der Waals surface area contributed by atoms with Crippen molar-refractivity contribution in [3.05, 3.63) is 59.7 Å². The Kier molecular flexibility index (Phi) is 5.63. The number of methoxy groups -OCH3 is 1. The van der Waals surface area contributed by atoms with Crippen LogP contribution in [-0.2, 0) is 14.8 Å². The molecule has 136 valence electrons. The normalized spacial score (nSPS) is 11.3. The maximum absolute atomic E-state index is 12.6. The van der Waals surface area contributed by atoms with Crippen molar-refractivity contribution >= 4 is 33.7 Å². The number of ether oxygens (including phenoxy) is 1. The van der Waals surface area contributed by atoms with Gasteiger partial charge in [-0.05, 0) is 41.5 Å². The number of aliphatic carboxylic acids is 1. The molecule has 0 aliphatic heterocycles. The molecule has 0 saturated heterocycles. The summed E-state index contributed by atoms with van der Waals surface area (Å²) in [5.74, 6) is -2.75. The number of aromatic carboxylic acids is 1. The molecule has 2 aromatic carbocycles. The highest BCUT2D eigenvalue weighted by Gasteiger charge is 2.20. The molecule has 0 bridgehead atoms. The maximum atomic E-state index is 12.6. The largest absolute Gasteiger partial charge is 0.545 e. The quantitative estimate of drug-likeness (QED) is 0.652. The molecule has 9 heteroatoms. The van der Waals surface area contributed by atoms with Crippen LogP contribution in [0.5, 0.6) is 5.75 Å². The van der Waals surface area contributed by atoms with E-state index < -0.39 is 22.0 Å². The third-order valence-corrected chi connectivity index (χ3v) is 4.66. The highest BCUT2D eigenvalue weighted by atomic mass is 32.2. The Labute approximate surface area is 149 Å². The highest BCUT2D eigenvalue weighted by Crippen LogP contribution is 2.27. The summed E-state index contributed by atoms with van der Waals surface area (Å²) in [7, 11) is -2.79. The van der Waals surface area contributed by atoms with Gasteiger partial charge in [-0.3, -0.25) is 4.72 Å². The number of sulfonamides is 1. The zero-order chi connectivity index (χ0) is 19.3. The van der Waals surface area contributed by atoms with Crippen LogP contribution in [0.15, 0.2) is 53.4 Å². The molecule has 0 aliphatic rings. The summed E-state index contributed by atoms with van der Waals surface area (Å²) < 4.78 is 32.6. The zero-order valence-electron chi connectivity index (χ0n) is 13.5. The molecule has 0 fully saturated rings. The van der Waals surface area contributed by atoms with E-state index in [4.69, 9.17) is 4.74 Å². The second-order valence-electron chi connectivity index (χ2n) is 5.03. The van der Waals surface area contributed by atoms with Crippen LogP contribution in [0.2, 0.25) is 0 Å². The molecule has 26 heavy (non-hydrogen) atoms. The number of hydrogen-bond donors (Lipinski definition) is 1. The van der Waals surface area contributed by atoms with E-state index in [1.54, 1.807) is 0 Å². The number of rotatable bonds is 7. The summed E-state index contributed by atoms with van der Waals surface area (Å²) in [5.41, 5.74) is 0.343. The van der Waals surface area contributed by atoms with Crippen molar-refractivity contribution in [1.29, 1.82) is 0 Å². The molecule has 8 nitrogen and oxygen atoms in total. The molecule has 2 aromatic rings. The van der Waals surface area contributed by atoms with Crippen molar-refractivity contribution in [2.24, 2.45) is 0 Å². The second kappa shape index (κ2) is 7.70. The van der Waals surface area contributed by atoms with Gasteiger partial charge in [0.25, 0.3) is 10.0 Å². The van der Waals surface area contributed by atoms with Crippen molar-refractivity contribution in [3.63, 3.8) is 0 Å². The highest BCUT2D eigenvalue weighted by molar-refractivity contribution is 7.92. The first-order valence-corrected chi connectivity index (χ1v) is 8.62. The number of carbonyl (C=O) groups is 2. The molecule has 0 saturated carbocycles. The van der Waals surface area contributed by atoms with Gasteiger partial charge in [-0.2, -0.15) is 0 Å². The molecule has 0 atom stereocenters. The minimum atomic E-state index is -4.09. The lowest BCUT2D eigenvalue weighted by Crippen LogP contribution is -2.22. The van der Waals surface area contributed by atoms with Gasteiger partial charge >= 0.3 is 0 Å². The Morgan fingerprint density at radius 1 is 1.08 bits per heavy atom. The van der Waals surface area contributed by atoms with Crippen LogP contribution in [0.3, 0.4) is 0 Å². The van der Waals surface area contributed by atoms with Crippen LogP contribution in [0.25, 0.3) is 6.08 Å². The topological polar surface area (TPSA) is 136 Å². The summed E-state index contributed by atoms with van der Waals surface area (Å²) in [6.45, 7) is 0. The van der Waals surface area contributed by atoms with E-state index >= 15 is 0 Å². The monoisotopic (exact) mass is 375 g/mol. The Balaban J connectivity index is 2.38. The van der Waals surface area contributed by atoms with Crippen LogP contribution in [0, 0.1) is 0 Å². The van der Waals surface area contributed by atoms with Crippen LogP contribution < -0.4 is 19.7 Å². The fourth-order valence-electron chi connectivity index (χ4n) is 2.06. The third-order valence-electron chi connectivity index (χ3n) is 3.26. The van der Waals surface area contributed by atoms with Gasteiger partial charge in [-0.15, -0.1) is 0 Å². The Morgan fingerprint density at radius 3 is 2.27 bits per heavy atom. The smallest absolute Gasteiger partial charge is 0.265 e. The van der Waals surface area contributed by atoms with E-state index in [1.165, 1.54) is 55.7 Å². The van der Waals surface area contributed by atoms with E-state index in [0.717, 1.165) is 6.08 Å². The fourth-order valence-corrected chi connectivity index (χ4v) is 3.32. The van der Waals surface area contributed by atoms with Gasteiger partial charge in [0.2, 0.25) is 0 Å². The number of anilines is 1. The number of benzene rings is 2. The van der Waals surface area contributed by atoms with Crippen molar-refractivity contribution in [1.82, 2.24) is 0 Å². The zero-order valence-corrected chi connectivity index (χ0v) is 14.3. The lowest BCUT2D eigenvalue weighted by atomic mass is 10.2. The Hall–Kier alpha value is -3.33. The third kappa shape index (κ3) is 4.61. The molecular weight excluding hydrogens is 362 g/mol. The summed E-state index contributed by atoms with van der Waals surface area (Å²) in [6, 6.07) is 9.03. The van der Waals surface area contributed by atoms with Crippen LogP contribution in [0.1, 0.15) is 15.9 Å². The summed E-state index contributed by atoms with van der Waals surface area (Å²) >= 11 is 0. The lowest BCUT2D eigenvalue weighted by Gasteiger charge is -2.13. The second-order valence-corrected chi connectivity index (χ2v) is 6.68. The molecule has 0 radical (unpaired) electrons. The first-order chi connectivity index (χ1) is 12.2. The van der Waals surface area contributed by atoms with Gasteiger partial charge in [0.1, 0.15) is 10.6 Å². The molecular formula is C17H13NO7S-2. The predicted octanol–water partition coefficient (Wildman–Crippen LogP) is -0.377. The summed E-state index contributed by atoms with van der Waals surface area (Å²) in [5, 5.41) is 21.2. The van der Waals surface area contributed by atoms with E-state index in [0.29, 0.717) is 5.56 Å². The van der Waals surface area contributed by atoms with Gasteiger partial charge in [0.15, 0.2) is 0 Å². The number of carbonyl (C=O) groups excluding carboxylic acids is 2. The van der Waals surface area contributed by atoms with Crippen molar-refractivity contribution < 1.29 is 33.0 Å². The Bertz CT molecular complexity index is 963.